The first-order chi connectivity index (χ1) is 15.6. The molecule has 32 heavy (non-hydrogen) atoms. The van der Waals surface area contributed by atoms with Gasteiger partial charge < -0.3 is 18.9 Å². The first-order valence-corrected chi connectivity index (χ1v) is 10.8. The van der Waals surface area contributed by atoms with Gasteiger partial charge in [0.2, 0.25) is 0 Å². The third-order valence-corrected chi connectivity index (χ3v) is 5.11. The number of ether oxygens (including phenoxy) is 4. The summed E-state index contributed by atoms with van der Waals surface area (Å²) in [5.74, 6) is -0.425. The van der Waals surface area contributed by atoms with Crippen molar-refractivity contribution in [2.45, 2.75) is 6.42 Å². The van der Waals surface area contributed by atoms with Gasteiger partial charge in [0.15, 0.2) is 0 Å². The molecule has 0 atom stereocenters. The van der Waals surface area contributed by atoms with E-state index in [9.17, 15) is 9.59 Å². The van der Waals surface area contributed by atoms with Gasteiger partial charge in [-0.1, -0.05) is 42.5 Å². The van der Waals surface area contributed by atoms with Crippen molar-refractivity contribution in [2.24, 2.45) is 0 Å². The summed E-state index contributed by atoms with van der Waals surface area (Å²) in [5, 5.41) is 0. The van der Waals surface area contributed by atoms with Crippen LogP contribution in [0.2, 0.25) is 0 Å². The molecule has 0 amide bonds. The molecule has 3 aromatic carbocycles. The van der Waals surface area contributed by atoms with Crippen LogP contribution in [0.5, 0.6) is 11.5 Å². The summed E-state index contributed by atoms with van der Waals surface area (Å²) in [7, 11) is 1.59. The van der Waals surface area contributed by atoms with Gasteiger partial charge >= 0.3 is 11.9 Å². The lowest BCUT2D eigenvalue weighted by Gasteiger charge is -2.11. The molecule has 0 aromatic heterocycles. The fraction of sp³-hybridized carbons (Fsp3) is 0.200. The molecular weight excluding hydrogens is 476 g/mol. The Labute approximate surface area is 195 Å². The summed E-state index contributed by atoms with van der Waals surface area (Å²) in [6.07, 6.45) is 0.599. The first-order valence-electron chi connectivity index (χ1n) is 10.0. The molecule has 7 heteroatoms. The van der Waals surface area contributed by atoms with Gasteiger partial charge in [-0.2, -0.15) is 0 Å². The molecule has 0 aliphatic heterocycles. The zero-order valence-electron chi connectivity index (χ0n) is 17.6. The monoisotopic (exact) mass is 498 g/mol. The summed E-state index contributed by atoms with van der Waals surface area (Å²) < 4.78 is 22.0. The number of carbonyl (C=O) groups excluding carboxylic acids is 2. The maximum absolute atomic E-state index is 12.7. The van der Waals surface area contributed by atoms with Crippen LogP contribution in [0, 0.1) is 0 Å². The predicted octanol–water partition coefficient (Wildman–Crippen LogP) is 5.09. The van der Waals surface area contributed by atoms with E-state index in [-0.39, 0.29) is 17.9 Å². The molecule has 3 rings (SSSR count). The number of para-hydroxylation sites is 1. The highest BCUT2D eigenvalue weighted by Crippen LogP contribution is 2.27. The second-order valence-corrected chi connectivity index (χ2v) is 7.60. The normalized spacial score (nSPS) is 10.4. The summed E-state index contributed by atoms with van der Waals surface area (Å²) in [5.41, 5.74) is 1.57. The lowest BCUT2D eigenvalue weighted by molar-refractivity contribution is 0.0504. The quantitative estimate of drug-likeness (QED) is 0.220. The lowest BCUT2D eigenvalue weighted by atomic mass is 10.1. The Morgan fingerprint density at radius 2 is 1.56 bits per heavy atom. The van der Waals surface area contributed by atoms with Crippen molar-refractivity contribution in [3.63, 3.8) is 0 Å². The number of rotatable bonds is 10. The van der Waals surface area contributed by atoms with Gasteiger partial charge in [0.25, 0.3) is 0 Å². The van der Waals surface area contributed by atoms with Crippen molar-refractivity contribution in [1.29, 1.82) is 0 Å². The molecule has 0 bridgehead atoms. The number of esters is 2. The molecule has 0 fully saturated rings. The average molecular weight is 499 g/mol. The van der Waals surface area contributed by atoms with Crippen molar-refractivity contribution in [3.8, 4) is 11.5 Å². The van der Waals surface area contributed by atoms with Crippen LogP contribution in [0.3, 0.4) is 0 Å². The molecule has 0 N–H and O–H groups in total. The number of methoxy groups -OCH3 is 1. The van der Waals surface area contributed by atoms with E-state index in [1.54, 1.807) is 49.6 Å². The summed E-state index contributed by atoms with van der Waals surface area (Å²) in [4.78, 5) is 25.2. The minimum absolute atomic E-state index is 0.138. The van der Waals surface area contributed by atoms with Crippen LogP contribution in [0.4, 0.5) is 0 Å². The van der Waals surface area contributed by atoms with Crippen LogP contribution >= 0.6 is 15.9 Å². The summed E-state index contributed by atoms with van der Waals surface area (Å²) in [6.45, 7) is 1.07. The van der Waals surface area contributed by atoms with Crippen LogP contribution < -0.4 is 9.47 Å². The third kappa shape index (κ3) is 6.67. The van der Waals surface area contributed by atoms with Gasteiger partial charge in [0, 0.05) is 13.5 Å². The zero-order chi connectivity index (χ0) is 22.8. The molecule has 0 radical (unpaired) electrons. The van der Waals surface area contributed by atoms with Crippen LogP contribution in [0.25, 0.3) is 0 Å². The Hall–Kier alpha value is -3.16. The molecule has 0 heterocycles. The van der Waals surface area contributed by atoms with Gasteiger partial charge in [0.05, 0.1) is 23.2 Å². The number of benzene rings is 3. The van der Waals surface area contributed by atoms with Crippen molar-refractivity contribution in [3.05, 3.63) is 94.0 Å². The minimum Gasteiger partial charge on any atom is -0.490 e. The lowest BCUT2D eigenvalue weighted by Crippen LogP contribution is -2.14. The van der Waals surface area contributed by atoms with Crippen molar-refractivity contribution < 1.29 is 28.5 Å². The second-order valence-electron chi connectivity index (χ2n) is 6.74. The molecular formula is C25H23BrO6. The fourth-order valence-corrected chi connectivity index (χ4v) is 3.34. The highest BCUT2D eigenvalue weighted by atomic mass is 79.9. The number of hydrogen-bond donors (Lipinski definition) is 0. The topological polar surface area (TPSA) is 71.1 Å². The maximum Gasteiger partial charge on any atom is 0.343 e. The van der Waals surface area contributed by atoms with E-state index in [0.717, 1.165) is 5.56 Å². The van der Waals surface area contributed by atoms with Gasteiger partial charge in [-0.3, -0.25) is 0 Å². The summed E-state index contributed by atoms with van der Waals surface area (Å²) >= 11 is 3.39. The van der Waals surface area contributed by atoms with Crippen LogP contribution in [0.1, 0.15) is 26.3 Å². The first kappa shape index (κ1) is 23.5. The molecule has 0 spiro atoms. The Morgan fingerprint density at radius 1 is 0.812 bits per heavy atom. The SMILES string of the molecule is COCCOc1ccc(C(=O)Oc2ccccc2C(=O)OCCc2ccccc2)cc1Br. The predicted molar refractivity (Wildman–Crippen MR) is 123 cm³/mol. The highest BCUT2D eigenvalue weighted by molar-refractivity contribution is 9.10. The molecule has 0 aliphatic carbocycles. The van der Waals surface area contributed by atoms with Gasteiger partial charge in [-0.25, -0.2) is 9.59 Å². The zero-order valence-corrected chi connectivity index (χ0v) is 19.2. The van der Waals surface area contributed by atoms with Gasteiger partial charge in [-0.05, 0) is 51.8 Å². The second kappa shape index (κ2) is 12.0. The van der Waals surface area contributed by atoms with E-state index in [2.05, 4.69) is 15.9 Å². The Bertz CT molecular complexity index is 1050. The van der Waals surface area contributed by atoms with E-state index in [1.807, 2.05) is 30.3 Å². The Morgan fingerprint density at radius 3 is 2.31 bits per heavy atom. The smallest absolute Gasteiger partial charge is 0.343 e. The molecule has 0 saturated carbocycles. The number of carbonyl (C=O) groups is 2. The van der Waals surface area contributed by atoms with Gasteiger partial charge in [0.1, 0.15) is 23.7 Å². The van der Waals surface area contributed by atoms with E-state index >= 15 is 0 Å². The molecule has 3 aromatic rings. The maximum atomic E-state index is 12.7. The Kier molecular flexibility index (Phi) is 8.83. The average Bonchev–Trinajstić information content (AvgIpc) is 2.81. The van der Waals surface area contributed by atoms with E-state index in [0.29, 0.717) is 35.4 Å². The minimum atomic E-state index is -0.598. The third-order valence-electron chi connectivity index (χ3n) is 4.49. The van der Waals surface area contributed by atoms with Crippen LogP contribution in [-0.4, -0.2) is 38.9 Å². The molecule has 0 saturated heterocycles. The summed E-state index contributed by atoms with van der Waals surface area (Å²) in [6, 6.07) is 21.1. The molecule has 6 nitrogen and oxygen atoms in total. The largest absolute Gasteiger partial charge is 0.490 e. The van der Waals surface area contributed by atoms with E-state index in [4.69, 9.17) is 18.9 Å². The van der Waals surface area contributed by atoms with Crippen molar-refractivity contribution in [2.75, 3.05) is 26.9 Å². The Balaban J connectivity index is 1.63. The molecule has 0 unspecified atom stereocenters. The van der Waals surface area contributed by atoms with E-state index in [1.165, 1.54) is 0 Å². The highest BCUT2D eigenvalue weighted by Gasteiger charge is 2.18. The standard InChI is InChI=1S/C25H23BrO6/c1-29-15-16-30-23-12-11-19(17-21(23)26)24(27)32-22-10-6-5-9-20(22)25(28)31-14-13-18-7-3-2-4-8-18/h2-12,17H,13-16H2,1H3. The van der Waals surface area contributed by atoms with Gasteiger partial charge in [-0.15, -0.1) is 0 Å². The van der Waals surface area contributed by atoms with Crippen molar-refractivity contribution >= 4 is 27.9 Å². The van der Waals surface area contributed by atoms with Crippen LogP contribution in [-0.2, 0) is 15.9 Å². The number of halogens is 1. The number of hydrogen-bond acceptors (Lipinski definition) is 6. The fourth-order valence-electron chi connectivity index (χ4n) is 2.85. The van der Waals surface area contributed by atoms with E-state index < -0.39 is 11.9 Å². The molecule has 0 aliphatic rings. The van der Waals surface area contributed by atoms with Crippen LogP contribution in [0.15, 0.2) is 77.3 Å². The van der Waals surface area contributed by atoms with Crippen molar-refractivity contribution in [1.82, 2.24) is 0 Å². The molecule has 166 valence electrons.